The fraction of sp³-hybridized carbons (Fsp3) is 0. The van der Waals surface area contributed by atoms with Gasteiger partial charge in [0.1, 0.15) is 0 Å². The Labute approximate surface area is 107 Å². The van der Waals surface area contributed by atoms with Crippen molar-refractivity contribution in [3.8, 4) is 22.4 Å². The molecule has 0 spiro atoms. The van der Waals surface area contributed by atoms with Gasteiger partial charge in [-0.2, -0.15) is 0 Å². The molecule has 1 heterocycles. The van der Waals surface area contributed by atoms with Gasteiger partial charge in [0.15, 0.2) is 0 Å². The van der Waals surface area contributed by atoms with Crippen LogP contribution in [0, 0.1) is 6.07 Å². The Balaban J connectivity index is 2.05. The number of pyridine rings is 1. The number of nitrogens with zero attached hydrogens (tertiary/aromatic N) is 1. The fourth-order valence-electron chi connectivity index (χ4n) is 1.95. The average molecular weight is 230 g/mol. The molecule has 18 heavy (non-hydrogen) atoms. The summed E-state index contributed by atoms with van der Waals surface area (Å²) in [6, 6.07) is 25.4. The molecule has 0 N–H and O–H groups in total. The van der Waals surface area contributed by atoms with E-state index < -0.39 is 0 Å². The third kappa shape index (κ3) is 2.16. The molecule has 0 aliphatic heterocycles. The normalized spacial score (nSPS) is 10.2. The third-order valence-electron chi connectivity index (χ3n) is 2.87. The zero-order chi connectivity index (χ0) is 12.2. The highest BCUT2D eigenvalue weighted by Crippen LogP contribution is 2.23. The molecule has 85 valence electrons. The quantitative estimate of drug-likeness (QED) is 0.642. The zero-order valence-corrected chi connectivity index (χ0v) is 9.88. The Morgan fingerprint density at radius 3 is 2.39 bits per heavy atom. The van der Waals surface area contributed by atoms with Crippen LogP contribution < -0.4 is 0 Å². The Bertz CT molecular complexity index is 575. The highest BCUT2D eigenvalue weighted by atomic mass is 14.7. The molecule has 1 nitrogen and oxygen atoms in total. The molecule has 1 radical (unpaired) electrons. The maximum Gasteiger partial charge on any atom is 0.0708 e. The van der Waals surface area contributed by atoms with E-state index in [2.05, 4.69) is 29.2 Å². The van der Waals surface area contributed by atoms with Crippen molar-refractivity contribution in [2.24, 2.45) is 0 Å². The van der Waals surface area contributed by atoms with Crippen LogP contribution in [0.2, 0.25) is 0 Å². The van der Waals surface area contributed by atoms with Crippen molar-refractivity contribution in [2.75, 3.05) is 0 Å². The maximum absolute atomic E-state index is 4.42. The lowest BCUT2D eigenvalue weighted by atomic mass is 10.0. The van der Waals surface area contributed by atoms with E-state index in [9.17, 15) is 0 Å². The summed E-state index contributed by atoms with van der Waals surface area (Å²) in [5, 5.41) is 0. The van der Waals surface area contributed by atoms with Crippen LogP contribution in [-0.4, -0.2) is 4.98 Å². The van der Waals surface area contributed by atoms with Crippen LogP contribution in [0.1, 0.15) is 0 Å². The van der Waals surface area contributed by atoms with E-state index in [1.807, 2.05) is 54.7 Å². The zero-order valence-electron chi connectivity index (χ0n) is 9.88. The highest BCUT2D eigenvalue weighted by Gasteiger charge is 2.01. The van der Waals surface area contributed by atoms with Crippen LogP contribution >= 0.6 is 0 Å². The minimum Gasteiger partial charge on any atom is -0.256 e. The molecule has 0 amide bonds. The van der Waals surface area contributed by atoms with Crippen molar-refractivity contribution in [1.29, 1.82) is 0 Å². The Morgan fingerprint density at radius 2 is 1.61 bits per heavy atom. The summed E-state index contributed by atoms with van der Waals surface area (Å²) >= 11 is 0. The van der Waals surface area contributed by atoms with Crippen molar-refractivity contribution in [3.63, 3.8) is 0 Å². The molecule has 0 saturated carbocycles. The maximum atomic E-state index is 4.42. The summed E-state index contributed by atoms with van der Waals surface area (Å²) in [4.78, 5) is 4.42. The summed E-state index contributed by atoms with van der Waals surface area (Å²) < 4.78 is 0. The van der Waals surface area contributed by atoms with Gasteiger partial charge in [-0.15, -0.1) is 0 Å². The van der Waals surface area contributed by atoms with Crippen molar-refractivity contribution in [1.82, 2.24) is 4.98 Å². The predicted octanol–water partition coefficient (Wildman–Crippen LogP) is 4.22. The summed E-state index contributed by atoms with van der Waals surface area (Å²) in [5.74, 6) is 0. The lowest BCUT2D eigenvalue weighted by molar-refractivity contribution is 1.32. The number of hydrogen-bond acceptors (Lipinski definition) is 1. The van der Waals surface area contributed by atoms with Crippen LogP contribution in [-0.2, 0) is 0 Å². The molecule has 0 aliphatic carbocycles. The van der Waals surface area contributed by atoms with E-state index in [0.29, 0.717) is 0 Å². The SMILES string of the molecule is [c]1cccc(-c2cc(-c3ccccc3)ccn2)c1. The van der Waals surface area contributed by atoms with Gasteiger partial charge in [0.25, 0.3) is 0 Å². The van der Waals surface area contributed by atoms with Crippen LogP contribution in [0.5, 0.6) is 0 Å². The van der Waals surface area contributed by atoms with Crippen LogP contribution in [0.4, 0.5) is 0 Å². The minimum absolute atomic E-state index is 0.980. The smallest absolute Gasteiger partial charge is 0.0708 e. The van der Waals surface area contributed by atoms with Crippen molar-refractivity contribution >= 4 is 0 Å². The Kier molecular flexibility index (Phi) is 2.89. The summed E-state index contributed by atoms with van der Waals surface area (Å²) in [7, 11) is 0. The molecule has 0 atom stereocenters. The Hall–Kier alpha value is -2.41. The highest BCUT2D eigenvalue weighted by molar-refractivity contribution is 5.70. The fourth-order valence-corrected chi connectivity index (χ4v) is 1.95. The van der Waals surface area contributed by atoms with Gasteiger partial charge < -0.3 is 0 Å². The first kappa shape index (κ1) is 10.7. The lowest BCUT2D eigenvalue weighted by Gasteiger charge is -2.04. The topological polar surface area (TPSA) is 12.9 Å². The molecular weight excluding hydrogens is 218 g/mol. The number of rotatable bonds is 2. The molecule has 2 aromatic carbocycles. The van der Waals surface area contributed by atoms with E-state index in [1.54, 1.807) is 0 Å². The van der Waals surface area contributed by atoms with Crippen molar-refractivity contribution in [2.45, 2.75) is 0 Å². The van der Waals surface area contributed by atoms with Gasteiger partial charge in [-0.25, -0.2) is 0 Å². The molecule has 0 saturated heterocycles. The van der Waals surface area contributed by atoms with Crippen LogP contribution in [0.15, 0.2) is 72.9 Å². The lowest BCUT2D eigenvalue weighted by Crippen LogP contribution is -1.84. The monoisotopic (exact) mass is 230 g/mol. The predicted molar refractivity (Wildman–Crippen MR) is 73.9 cm³/mol. The van der Waals surface area contributed by atoms with E-state index in [4.69, 9.17) is 0 Å². The first-order chi connectivity index (χ1) is 8.93. The van der Waals surface area contributed by atoms with Gasteiger partial charge in [-0.3, -0.25) is 4.98 Å². The van der Waals surface area contributed by atoms with Gasteiger partial charge >= 0.3 is 0 Å². The van der Waals surface area contributed by atoms with Gasteiger partial charge in [0.2, 0.25) is 0 Å². The molecule has 0 aliphatic rings. The van der Waals surface area contributed by atoms with Gasteiger partial charge in [0.05, 0.1) is 5.69 Å². The summed E-state index contributed by atoms with van der Waals surface area (Å²) in [5.41, 5.74) is 4.47. The Morgan fingerprint density at radius 1 is 0.778 bits per heavy atom. The minimum atomic E-state index is 0.980. The van der Waals surface area contributed by atoms with E-state index in [1.165, 1.54) is 11.1 Å². The molecule has 0 unspecified atom stereocenters. The molecule has 0 bridgehead atoms. The summed E-state index contributed by atoms with van der Waals surface area (Å²) in [6.07, 6.45) is 1.85. The van der Waals surface area contributed by atoms with E-state index >= 15 is 0 Å². The van der Waals surface area contributed by atoms with Gasteiger partial charge in [-0.1, -0.05) is 48.5 Å². The van der Waals surface area contributed by atoms with E-state index in [-0.39, 0.29) is 0 Å². The van der Waals surface area contributed by atoms with E-state index in [0.717, 1.165) is 11.3 Å². The largest absolute Gasteiger partial charge is 0.256 e. The second-order valence-corrected chi connectivity index (χ2v) is 4.09. The van der Waals surface area contributed by atoms with Gasteiger partial charge in [0, 0.05) is 11.8 Å². The first-order valence-corrected chi connectivity index (χ1v) is 5.91. The molecule has 0 fully saturated rings. The number of benzene rings is 2. The second kappa shape index (κ2) is 4.84. The molecule has 1 heteroatoms. The number of aromatic nitrogens is 1. The molecule has 1 aromatic heterocycles. The molecule has 3 aromatic rings. The van der Waals surface area contributed by atoms with Crippen LogP contribution in [0.3, 0.4) is 0 Å². The van der Waals surface area contributed by atoms with Crippen LogP contribution in [0.25, 0.3) is 22.4 Å². The molecular formula is C17H12N. The number of hydrogen-bond donors (Lipinski definition) is 0. The average Bonchev–Trinajstić information content (AvgIpc) is 2.49. The third-order valence-corrected chi connectivity index (χ3v) is 2.87. The van der Waals surface area contributed by atoms with Crippen molar-refractivity contribution < 1.29 is 0 Å². The standard InChI is InChI=1S/C17H12N/c1-3-7-14(8-4-1)16-11-12-18-17(13-16)15-9-5-2-6-10-15/h1-5,7-13H. The first-order valence-electron chi connectivity index (χ1n) is 5.91. The second-order valence-electron chi connectivity index (χ2n) is 4.09. The molecule has 3 rings (SSSR count). The summed E-state index contributed by atoms with van der Waals surface area (Å²) in [6.45, 7) is 0. The van der Waals surface area contributed by atoms with Crippen molar-refractivity contribution in [3.05, 3.63) is 79.0 Å². The van der Waals surface area contributed by atoms with Gasteiger partial charge in [-0.05, 0) is 35.4 Å².